The van der Waals surface area contributed by atoms with Crippen LogP contribution in [-0.4, -0.2) is 13.1 Å². The summed E-state index contributed by atoms with van der Waals surface area (Å²) in [6, 6.07) is 9.13. The molecule has 0 spiro atoms. The van der Waals surface area contributed by atoms with E-state index in [4.69, 9.17) is 4.42 Å². The Hall–Kier alpha value is -1.49. The number of hydrogen-bond acceptors (Lipinski definition) is 3. The topological polar surface area (TPSA) is 28.4 Å². The maximum absolute atomic E-state index is 14.2. The molecule has 0 bridgehead atoms. The molecule has 0 aliphatic rings. The third-order valence-corrected chi connectivity index (χ3v) is 3.93. The fourth-order valence-electron chi connectivity index (χ4n) is 2.04. The Morgan fingerprint density at radius 3 is 2.43 bits per heavy atom. The van der Waals surface area contributed by atoms with Crippen LogP contribution in [-0.2, 0) is 0 Å². The third kappa shape index (κ3) is 3.79. The van der Waals surface area contributed by atoms with Crippen molar-refractivity contribution >= 4 is 27.3 Å². The Morgan fingerprint density at radius 2 is 1.90 bits per heavy atom. The van der Waals surface area contributed by atoms with E-state index in [9.17, 15) is 4.39 Å². The Labute approximate surface area is 133 Å². The molecule has 2 aromatic rings. The largest absolute Gasteiger partial charge is 0.452 e. The lowest BCUT2D eigenvalue weighted by molar-refractivity contribution is 0.471. The number of halogens is 2. The van der Waals surface area contributed by atoms with Gasteiger partial charge in [0.2, 0.25) is 0 Å². The van der Waals surface area contributed by atoms with E-state index in [0.717, 1.165) is 11.4 Å². The minimum Gasteiger partial charge on any atom is -0.452 e. The molecular formula is C16H20BrFN2O. The van der Waals surface area contributed by atoms with Crippen LogP contribution in [0.15, 0.2) is 39.4 Å². The molecule has 1 aromatic carbocycles. The van der Waals surface area contributed by atoms with Gasteiger partial charge < -0.3 is 14.6 Å². The molecule has 0 aliphatic carbocycles. The first-order valence-electron chi connectivity index (χ1n) is 6.92. The summed E-state index contributed by atoms with van der Waals surface area (Å²) in [5.74, 6) is 0.565. The average Bonchev–Trinajstić information content (AvgIpc) is 2.85. The van der Waals surface area contributed by atoms with Crippen LogP contribution in [0.5, 0.6) is 0 Å². The zero-order valence-electron chi connectivity index (χ0n) is 12.7. The number of benzene rings is 1. The van der Waals surface area contributed by atoms with Crippen LogP contribution in [0.4, 0.5) is 15.8 Å². The van der Waals surface area contributed by atoms with E-state index in [0.29, 0.717) is 10.4 Å². The first-order valence-corrected chi connectivity index (χ1v) is 7.72. The molecule has 5 heteroatoms. The maximum Gasteiger partial charge on any atom is 0.169 e. The van der Waals surface area contributed by atoms with Crippen LogP contribution in [0.3, 0.4) is 0 Å². The van der Waals surface area contributed by atoms with Gasteiger partial charge in [-0.1, -0.05) is 0 Å². The number of rotatable bonds is 5. The minimum absolute atomic E-state index is 0.0376. The van der Waals surface area contributed by atoms with Crippen LogP contribution in [0.1, 0.15) is 32.6 Å². The smallest absolute Gasteiger partial charge is 0.169 e. The van der Waals surface area contributed by atoms with Gasteiger partial charge in [-0.3, -0.25) is 0 Å². The Morgan fingerprint density at radius 1 is 1.19 bits per heavy atom. The quantitative estimate of drug-likeness (QED) is 0.799. The summed E-state index contributed by atoms with van der Waals surface area (Å²) in [4.78, 5) is 1.91. The van der Waals surface area contributed by atoms with Gasteiger partial charge in [0.15, 0.2) is 4.67 Å². The second-order valence-electron chi connectivity index (χ2n) is 5.38. The van der Waals surface area contributed by atoms with E-state index < -0.39 is 0 Å². The molecular weight excluding hydrogens is 335 g/mol. The zero-order chi connectivity index (χ0) is 15.6. The predicted molar refractivity (Wildman–Crippen MR) is 88.4 cm³/mol. The molecule has 21 heavy (non-hydrogen) atoms. The highest BCUT2D eigenvalue weighted by molar-refractivity contribution is 9.10. The van der Waals surface area contributed by atoms with Gasteiger partial charge in [-0.25, -0.2) is 4.39 Å². The standard InChI is InChI=1S/C16H20BrFN2O/c1-10(2)20(4)14-6-5-12(9-13(14)18)19-11(3)15-7-8-16(17)21-15/h5-11,19H,1-4H3. The maximum atomic E-state index is 14.2. The third-order valence-electron chi connectivity index (χ3n) is 3.51. The lowest BCUT2D eigenvalue weighted by Gasteiger charge is -2.24. The number of nitrogens with one attached hydrogen (secondary N) is 1. The molecule has 0 saturated heterocycles. The molecule has 0 radical (unpaired) electrons. The van der Waals surface area contributed by atoms with Crippen molar-refractivity contribution in [2.45, 2.75) is 32.9 Å². The Kier molecular flexibility index (Phi) is 4.93. The summed E-state index contributed by atoms with van der Waals surface area (Å²) in [5.41, 5.74) is 1.33. The van der Waals surface area contributed by atoms with Gasteiger partial charge in [-0.15, -0.1) is 0 Å². The monoisotopic (exact) mass is 354 g/mol. The van der Waals surface area contributed by atoms with Gasteiger partial charge in [0, 0.05) is 18.8 Å². The van der Waals surface area contributed by atoms with Gasteiger partial charge in [0.25, 0.3) is 0 Å². The van der Waals surface area contributed by atoms with E-state index in [1.165, 1.54) is 6.07 Å². The minimum atomic E-state index is -0.232. The van der Waals surface area contributed by atoms with Gasteiger partial charge in [0.05, 0.1) is 11.7 Å². The van der Waals surface area contributed by atoms with E-state index >= 15 is 0 Å². The summed E-state index contributed by atoms with van der Waals surface area (Å²) < 4.78 is 20.4. The lowest BCUT2D eigenvalue weighted by Crippen LogP contribution is -2.26. The molecule has 0 amide bonds. The highest BCUT2D eigenvalue weighted by atomic mass is 79.9. The van der Waals surface area contributed by atoms with Crippen molar-refractivity contribution in [3.8, 4) is 0 Å². The summed E-state index contributed by atoms with van der Waals surface area (Å²) in [6.45, 7) is 6.03. The molecule has 1 unspecified atom stereocenters. The Balaban J connectivity index is 2.13. The molecule has 114 valence electrons. The van der Waals surface area contributed by atoms with E-state index in [2.05, 4.69) is 21.2 Å². The lowest BCUT2D eigenvalue weighted by atomic mass is 10.2. The van der Waals surface area contributed by atoms with Crippen LogP contribution < -0.4 is 10.2 Å². The zero-order valence-corrected chi connectivity index (χ0v) is 14.2. The van der Waals surface area contributed by atoms with Crippen LogP contribution in [0.25, 0.3) is 0 Å². The predicted octanol–water partition coefficient (Wildman–Crippen LogP) is 5.20. The van der Waals surface area contributed by atoms with Crippen molar-refractivity contribution in [2.24, 2.45) is 0 Å². The first kappa shape index (κ1) is 15.9. The average molecular weight is 355 g/mol. The molecule has 3 nitrogen and oxygen atoms in total. The number of anilines is 2. The fourth-order valence-corrected chi connectivity index (χ4v) is 2.36. The van der Waals surface area contributed by atoms with Crippen molar-refractivity contribution in [3.63, 3.8) is 0 Å². The van der Waals surface area contributed by atoms with Crippen molar-refractivity contribution < 1.29 is 8.81 Å². The van der Waals surface area contributed by atoms with Crippen molar-refractivity contribution in [1.29, 1.82) is 0 Å². The highest BCUT2D eigenvalue weighted by Gasteiger charge is 2.13. The molecule has 0 saturated carbocycles. The van der Waals surface area contributed by atoms with Crippen molar-refractivity contribution in [2.75, 3.05) is 17.3 Å². The number of furan rings is 1. The molecule has 1 atom stereocenters. The molecule has 0 fully saturated rings. The fraction of sp³-hybridized carbons (Fsp3) is 0.375. The van der Waals surface area contributed by atoms with Gasteiger partial charge in [0.1, 0.15) is 11.6 Å². The molecule has 1 N–H and O–H groups in total. The van der Waals surface area contributed by atoms with Gasteiger partial charge in [-0.05, 0) is 67.0 Å². The summed E-state index contributed by atoms with van der Waals surface area (Å²) >= 11 is 3.28. The summed E-state index contributed by atoms with van der Waals surface area (Å²) in [7, 11) is 1.89. The van der Waals surface area contributed by atoms with E-state index in [1.54, 1.807) is 6.07 Å². The Bertz CT molecular complexity index is 612. The number of nitrogens with zero attached hydrogens (tertiary/aromatic N) is 1. The summed E-state index contributed by atoms with van der Waals surface area (Å²) in [5, 5.41) is 3.23. The van der Waals surface area contributed by atoms with Crippen LogP contribution in [0, 0.1) is 5.82 Å². The SMILES string of the molecule is CC(Nc1ccc(N(C)C(C)C)c(F)c1)c1ccc(Br)o1. The molecule has 0 aliphatic heterocycles. The molecule has 2 rings (SSSR count). The first-order chi connectivity index (χ1) is 9.88. The van der Waals surface area contributed by atoms with Crippen molar-refractivity contribution in [3.05, 3.63) is 46.6 Å². The van der Waals surface area contributed by atoms with E-state index in [1.807, 2.05) is 50.9 Å². The molecule has 1 heterocycles. The number of hydrogen-bond donors (Lipinski definition) is 1. The second kappa shape index (κ2) is 6.52. The van der Waals surface area contributed by atoms with Gasteiger partial charge in [-0.2, -0.15) is 0 Å². The highest BCUT2D eigenvalue weighted by Crippen LogP contribution is 2.27. The van der Waals surface area contributed by atoms with E-state index in [-0.39, 0.29) is 17.9 Å². The van der Waals surface area contributed by atoms with Gasteiger partial charge >= 0.3 is 0 Å². The normalized spacial score (nSPS) is 12.5. The van der Waals surface area contributed by atoms with Crippen molar-refractivity contribution in [1.82, 2.24) is 0 Å². The van der Waals surface area contributed by atoms with Crippen LogP contribution >= 0.6 is 15.9 Å². The second-order valence-corrected chi connectivity index (χ2v) is 6.16. The molecule has 1 aromatic heterocycles. The van der Waals surface area contributed by atoms with Crippen LogP contribution in [0.2, 0.25) is 0 Å². The summed E-state index contributed by atoms with van der Waals surface area (Å²) in [6.07, 6.45) is 0.